The van der Waals surface area contributed by atoms with E-state index in [1.807, 2.05) is 0 Å². The predicted octanol–water partition coefficient (Wildman–Crippen LogP) is 16.0. The van der Waals surface area contributed by atoms with E-state index in [4.69, 9.17) is 14.2 Å². The zero-order chi connectivity index (χ0) is 44.3. The monoisotopic (exact) mass is 862 g/mol. The second-order valence-electron chi connectivity index (χ2n) is 19.1. The maximum atomic E-state index is 12.9. The lowest BCUT2D eigenvalue weighted by Crippen LogP contribution is -2.31. The van der Waals surface area contributed by atoms with Crippen LogP contribution in [0.25, 0.3) is 0 Å². The SMILES string of the molecule is CCCCCCCC(CCCCC)OC(=O)CCCCCCCCC(CCCCCCCCC(=O)OCCC(CCCCC)CCCCC)OC(=O)CCCN1CCCCC1. The fourth-order valence-corrected chi connectivity index (χ4v) is 9.15. The summed E-state index contributed by atoms with van der Waals surface area (Å²) in [6.07, 6.45) is 44.6. The van der Waals surface area contributed by atoms with Crippen molar-refractivity contribution in [2.24, 2.45) is 5.92 Å². The van der Waals surface area contributed by atoms with Crippen LogP contribution in [0.3, 0.4) is 0 Å². The Morgan fingerprint density at radius 2 is 0.754 bits per heavy atom. The van der Waals surface area contributed by atoms with Gasteiger partial charge in [-0.15, -0.1) is 0 Å². The van der Waals surface area contributed by atoms with E-state index < -0.39 is 0 Å². The zero-order valence-corrected chi connectivity index (χ0v) is 41.2. The summed E-state index contributed by atoms with van der Waals surface area (Å²) in [5.41, 5.74) is 0. The van der Waals surface area contributed by atoms with Crippen LogP contribution in [0, 0.1) is 5.92 Å². The molecular weight excluding hydrogens is 759 g/mol. The molecule has 0 aromatic heterocycles. The zero-order valence-electron chi connectivity index (χ0n) is 41.2. The van der Waals surface area contributed by atoms with Crippen LogP contribution in [0.2, 0.25) is 0 Å². The number of rotatable bonds is 45. The molecule has 1 aliphatic heterocycles. The lowest BCUT2D eigenvalue weighted by molar-refractivity contribution is -0.151. The molecule has 1 heterocycles. The van der Waals surface area contributed by atoms with Gasteiger partial charge in [0.2, 0.25) is 0 Å². The van der Waals surface area contributed by atoms with E-state index in [0.29, 0.717) is 31.8 Å². The number of unbranched alkanes of at least 4 members (excludes halogenated alkanes) is 20. The van der Waals surface area contributed by atoms with Crippen molar-refractivity contribution >= 4 is 17.9 Å². The van der Waals surface area contributed by atoms with Gasteiger partial charge in [-0.3, -0.25) is 14.4 Å². The molecule has 0 saturated carbocycles. The molecule has 1 saturated heterocycles. The molecule has 0 N–H and O–H groups in total. The van der Waals surface area contributed by atoms with Crippen LogP contribution >= 0.6 is 0 Å². The molecule has 61 heavy (non-hydrogen) atoms. The molecule has 0 aliphatic carbocycles. The van der Waals surface area contributed by atoms with Crippen molar-refractivity contribution in [3.8, 4) is 0 Å². The second-order valence-corrected chi connectivity index (χ2v) is 19.1. The van der Waals surface area contributed by atoms with E-state index >= 15 is 0 Å². The van der Waals surface area contributed by atoms with Gasteiger partial charge in [-0.2, -0.15) is 0 Å². The Hall–Kier alpha value is -1.63. The molecule has 0 aromatic carbocycles. The minimum Gasteiger partial charge on any atom is -0.466 e. The summed E-state index contributed by atoms with van der Waals surface area (Å²) in [4.78, 5) is 40.5. The van der Waals surface area contributed by atoms with Gasteiger partial charge >= 0.3 is 17.9 Å². The van der Waals surface area contributed by atoms with E-state index in [1.165, 1.54) is 129 Å². The molecule has 1 rings (SSSR count). The van der Waals surface area contributed by atoms with Gasteiger partial charge in [0.05, 0.1) is 6.61 Å². The largest absolute Gasteiger partial charge is 0.466 e. The Balaban J connectivity index is 2.33. The first-order valence-electron chi connectivity index (χ1n) is 27.2. The van der Waals surface area contributed by atoms with E-state index in [2.05, 4.69) is 32.6 Å². The van der Waals surface area contributed by atoms with Crippen LogP contribution in [-0.4, -0.2) is 61.3 Å². The summed E-state index contributed by atoms with van der Waals surface area (Å²) < 4.78 is 17.8. The van der Waals surface area contributed by atoms with Crippen molar-refractivity contribution in [2.75, 3.05) is 26.2 Å². The van der Waals surface area contributed by atoms with Gasteiger partial charge < -0.3 is 19.1 Å². The molecule has 0 radical (unpaired) electrons. The number of piperidine rings is 1. The second kappa shape index (κ2) is 43.6. The normalized spacial score (nSPS) is 14.3. The summed E-state index contributed by atoms with van der Waals surface area (Å²) in [5.74, 6) is 0.659. The highest BCUT2D eigenvalue weighted by Gasteiger charge is 2.17. The maximum absolute atomic E-state index is 12.9. The van der Waals surface area contributed by atoms with Crippen molar-refractivity contribution in [3.63, 3.8) is 0 Å². The fraction of sp³-hybridized carbons (Fsp3) is 0.944. The summed E-state index contributed by atoms with van der Waals surface area (Å²) in [5, 5.41) is 0. The first-order valence-corrected chi connectivity index (χ1v) is 27.2. The van der Waals surface area contributed by atoms with Crippen LogP contribution in [0.5, 0.6) is 0 Å². The van der Waals surface area contributed by atoms with Crippen molar-refractivity contribution in [3.05, 3.63) is 0 Å². The topological polar surface area (TPSA) is 82.1 Å². The van der Waals surface area contributed by atoms with Crippen LogP contribution < -0.4 is 0 Å². The van der Waals surface area contributed by atoms with E-state index in [-0.39, 0.29) is 30.1 Å². The Morgan fingerprint density at radius 1 is 0.393 bits per heavy atom. The molecule has 0 aromatic rings. The molecule has 7 heteroatoms. The molecule has 2 unspecified atom stereocenters. The van der Waals surface area contributed by atoms with Crippen LogP contribution in [0.4, 0.5) is 0 Å². The molecule has 0 spiro atoms. The average molecular weight is 862 g/mol. The van der Waals surface area contributed by atoms with Gasteiger partial charge in [-0.25, -0.2) is 0 Å². The van der Waals surface area contributed by atoms with Crippen LogP contribution in [-0.2, 0) is 28.6 Å². The number of hydrogen-bond donors (Lipinski definition) is 0. The molecule has 7 nitrogen and oxygen atoms in total. The highest BCUT2D eigenvalue weighted by Crippen LogP contribution is 2.23. The van der Waals surface area contributed by atoms with Gasteiger partial charge in [0, 0.05) is 19.3 Å². The quantitative estimate of drug-likeness (QED) is 0.0343. The standard InChI is InChI=1S/C54H103NO6/c1-5-9-13-18-27-38-50(37-26-12-8-4)60-53(57)42-31-22-17-15-20-29-40-51(61-54(58)43-34-47-55-45-32-23-33-46-55)39-28-19-14-16-21-30-41-52(56)59-48-44-49(35-24-10-6-2)36-25-11-7-3/h49-51H,5-48H2,1-4H3. The van der Waals surface area contributed by atoms with Crippen molar-refractivity contribution in [2.45, 2.75) is 297 Å². The van der Waals surface area contributed by atoms with Crippen molar-refractivity contribution in [1.29, 1.82) is 0 Å². The molecular formula is C54H103NO6. The van der Waals surface area contributed by atoms with E-state index in [9.17, 15) is 14.4 Å². The van der Waals surface area contributed by atoms with Crippen molar-refractivity contribution < 1.29 is 28.6 Å². The molecule has 2 atom stereocenters. The Labute approximate surface area is 379 Å². The Bertz CT molecular complexity index is 973. The van der Waals surface area contributed by atoms with E-state index in [1.54, 1.807) is 0 Å². The first-order chi connectivity index (χ1) is 29.9. The summed E-state index contributed by atoms with van der Waals surface area (Å²) in [7, 11) is 0. The highest BCUT2D eigenvalue weighted by molar-refractivity contribution is 5.70. The lowest BCUT2D eigenvalue weighted by atomic mass is 9.92. The maximum Gasteiger partial charge on any atom is 0.306 e. The van der Waals surface area contributed by atoms with Gasteiger partial charge in [0.1, 0.15) is 12.2 Å². The summed E-state index contributed by atoms with van der Waals surface area (Å²) in [6.45, 7) is 12.9. The van der Waals surface area contributed by atoms with Crippen LogP contribution in [0.15, 0.2) is 0 Å². The predicted molar refractivity (Wildman–Crippen MR) is 258 cm³/mol. The van der Waals surface area contributed by atoms with Gasteiger partial charge in [0.15, 0.2) is 0 Å². The van der Waals surface area contributed by atoms with E-state index in [0.717, 1.165) is 129 Å². The van der Waals surface area contributed by atoms with Crippen LogP contribution in [0.1, 0.15) is 285 Å². The van der Waals surface area contributed by atoms with Gasteiger partial charge in [0.25, 0.3) is 0 Å². The number of esters is 3. The number of carbonyl (C=O) groups is 3. The number of carbonyl (C=O) groups excluding carboxylic acids is 3. The number of ether oxygens (including phenoxy) is 3. The minimum absolute atomic E-state index is 0.000392. The number of nitrogens with zero attached hydrogens (tertiary/aromatic N) is 1. The fourth-order valence-electron chi connectivity index (χ4n) is 9.15. The third-order valence-corrected chi connectivity index (χ3v) is 13.2. The smallest absolute Gasteiger partial charge is 0.306 e. The number of hydrogen-bond acceptors (Lipinski definition) is 7. The molecule has 0 amide bonds. The number of likely N-dealkylation sites (tertiary alicyclic amines) is 1. The molecule has 1 fully saturated rings. The lowest BCUT2D eigenvalue weighted by Gasteiger charge is -2.26. The summed E-state index contributed by atoms with van der Waals surface area (Å²) >= 11 is 0. The minimum atomic E-state index is -0.0218. The summed E-state index contributed by atoms with van der Waals surface area (Å²) in [6, 6.07) is 0. The third-order valence-electron chi connectivity index (χ3n) is 13.2. The first kappa shape index (κ1) is 57.4. The highest BCUT2D eigenvalue weighted by atomic mass is 16.5. The van der Waals surface area contributed by atoms with Gasteiger partial charge in [-0.05, 0) is 115 Å². The Kier molecular flexibility index (Phi) is 41.0. The molecule has 1 aliphatic rings. The van der Waals surface area contributed by atoms with Crippen molar-refractivity contribution in [1.82, 2.24) is 4.90 Å². The molecule has 0 bridgehead atoms. The third kappa shape index (κ3) is 37.5. The van der Waals surface area contributed by atoms with Gasteiger partial charge in [-0.1, -0.05) is 175 Å². The Morgan fingerprint density at radius 3 is 1.23 bits per heavy atom. The average Bonchev–Trinajstić information content (AvgIpc) is 3.25. The molecule has 360 valence electrons.